The predicted molar refractivity (Wildman–Crippen MR) is 109 cm³/mol. The van der Waals surface area contributed by atoms with Gasteiger partial charge in [0.25, 0.3) is 0 Å². The van der Waals surface area contributed by atoms with Crippen molar-refractivity contribution >= 4 is 0 Å². The number of aliphatic hydroxyl groups is 1. The Hall–Kier alpha value is -1.11. The molecule has 5 nitrogen and oxygen atoms in total. The normalized spacial score (nSPS) is 19.4. The van der Waals surface area contributed by atoms with Crippen LogP contribution in [0, 0.1) is 0 Å². The predicted octanol–water partition coefficient (Wildman–Crippen LogP) is 5.45. The molecule has 234 valence electrons. The number of epoxide rings is 1. The second kappa shape index (κ2) is 11.6. The van der Waals surface area contributed by atoms with Crippen molar-refractivity contribution in [1.82, 2.24) is 5.32 Å². The molecule has 1 fully saturated rings. The summed E-state index contributed by atoms with van der Waals surface area (Å²) < 4.78 is 187. The smallest absolute Gasteiger partial charge is 0.392 e. The van der Waals surface area contributed by atoms with Crippen molar-refractivity contribution < 1.29 is 76.4 Å². The Morgan fingerprint density at radius 2 is 1.26 bits per heavy atom. The van der Waals surface area contributed by atoms with Gasteiger partial charge in [0.1, 0.15) is 6.10 Å². The number of nitrogens with one attached hydrogen (secondary N) is 1. The lowest BCUT2D eigenvalue weighted by atomic mass is 9.94. The van der Waals surface area contributed by atoms with Gasteiger partial charge in [-0.3, -0.25) is 0 Å². The van der Waals surface area contributed by atoms with Crippen LogP contribution in [0.5, 0.6) is 0 Å². The zero-order valence-corrected chi connectivity index (χ0v) is 21.2. The first-order valence-corrected chi connectivity index (χ1v) is 11.4. The molecule has 1 aliphatic heterocycles. The molecule has 0 aromatic rings. The first-order chi connectivity index (χ1) is 17.1. The SMILES string of the molecule is CC(C)(CCOC(C)(C)CC(O)CNCC(F)(F)C(F)(F)C(F)(F)C(F)(F)C(F)(F)C(F)(F)F)OCC1CO1. The summed E-state index contributed by atoms with van der Waals surface area (Å²) in [5, 5.41) is 11.4. The van der Waals surface area contributed by atoms with Crippen molar-refractivity contribution in [3.8, 4) is 0 Å². The van der Waals surface area contributed by atoms with Crippen LogP contribution in [-0.2, 0) is 14.2 Å². The van der Waals surface area contributed by atoms with E-state index in [1.54, 1.807) is 13.8 Å². The molecule has 2 unspecified atom stereocenters. The fourth-order valence-electron chi connectivity index (χ4n) is 3.14. The number of hydrogen-bond donors (Lipinski definition) is 2. The van der Waals surface area contributed by atoms with E-state index >= 15 is 0 Å². The third-order valence-corrected chi connectivity index (χ3v) is 5.71. The molecule has 39 heavy (non-hydrogen) atoms. The molecule has 2 N–H and O–H groups in total. The molecule has 0 aliphatic carbocycles. The summed E-state index contributed by atoms with van der Waals surface area (Å²) in [5.41, 5.74) is -1.77. The molecule has 1 heterocycles. The summed E-state index contributed by atoms with van der Waals surface area (Å²) in [6.07, 6.45) is -9.08. The van der Waals surface area contributed by atoms with E-state index in [9.17, 15) is 62.2 Å². The van der Waals surface area contributed by atoms with E-state index < -0.39 is 66.2 Å². The maximum Gasteiger partial charge on any atom is 0.460 e. The van der Waals surface area contributed by atoms with E-state index in [2.05, 4.69) is 0 Å². The summed E-state index contributed by atoms with van der Waals surface area (Å²) in [7, 11) is 0. The van der Waals surface area contributed by atoms with Gasteiger partial charge in [0, 0.05) is 13.0 Å². The van der Waals surface area contributed by atoms with E-state index in [1.165, 1.54) is 19.2 Å². The monoisotopic (exact) mass is 607 g/mol. The first-order valence-electron chi connectivity index (χ1n) is 11.4. The van der Waals surface area contributed by atoms with Crippen LogP contribution in [0.15, 0.2) is 0 Å². The Balaban J connectivity index is 2.70. The van der Waals surface area contributed by atoms with Gasteiger partial charge in [-0.2, -0.15) is 57.1 Å². The topological polar surface area (TPSA) is 63.2 Å². The van der Waals surface area contributed by atoms with Crippen molar-refractivity contribution in [2.75, 3.05) is 32.9 Å². The third kappa shape index (κ3) is 8.45. The van der Waals surface area contributed by atoms with Crippen LogP contribution in [0.25, 0.3) is 0 Å². The van der Waals surface area contributed by atoms with Crippen molar-refractivity contribution in [2.24, 2.45) is 0 Å². The fourth-order valence-corrected chi connectivity index (χ4v) is 3.14. The van der Waals surface area contributed by atoms with Crippen molar-refractivity contribution in [2.45, 2.75) is 99.7 Å². The third-order valence-electron chi connectivity index (χ3n) is 5.71. The highest BCUT2D eigenvalue weighted by Crippen LogP contribution is 2.60. The van der Waals surface area contributed by atoms with Gasteiger partial charge in [-0.05, 0) is 34.1 Å². The highest BCUT2D eigenvalue weighted by Gasteiger charge is 2.90. The summed E-state index contributed by atoms with van der Waals surface area (Å²) in [4.78, 5) is 0. The fraction of sp³-hybridized carbons (Fsp3) is 1.00. The van der Waals surface area contributed by atoms with E-state index in [1.807, 2.05) is 0 Å². The molecule has 0 radical (unpaired) electrons. The summed E-state index contributed by atoms with van der Waals surface area (Å²) in [5.74, 6) is -37.2. The average Bonchev–Trinajstić information content (AvgIpc) is 3.54. The second-order valence-electron chi connectivity index (χ2n) is 10.4. The Bertz CT molecular complexity index is 799. The largest absolute Gasteiger partial charge is 0.460 e. The molecule has 0 spiro atoms. The molecule has 1 rings (SSSR count). The summed E-state index contributed by atoms with van der Waals surface area (Å²) >= 11 is 0. The van der Waals surface area contributed by atoms with Crippen molar-refractivity contribution in [3.05, 3.63) is 0 Å². The minimum atomic E-state index is -7.95. The Labute approximate surface area is 215 Å². The molecular formula is C21H30F13NO4. The molecule has 1 saturated heterocycles. The molecule has 0 amide bonds. The van der Waals surface area contributed by atoms with Crippen LogP contribution in [-0.4, -0.2) is 97.2 Å². The molecule has 1 aliphatic rings. The summed E-state index contributed by atoms with van der Waals surface area (Å²) in [6.45, 7) is 3.86. The molecule has 0 aromatic heterocycles. The maximum absolute atomic E-state index is 13.8. The van der Waals surface area contributed by atoms with Gasteiger partial charge in [0.2, 0.25) is 0 Å². The summed E-state index contributed by atoms with van der Waals surface area (Å²) in [6, 6.07) is 0. The molecule has 2 atom stereocenters. The molecule has 18 heteroatoms. The number of aliphatic hydroxyl groups excluding tert-OH is 1. The van der Waals surface area contributed by atoms with Gasteiger partial charge < -0.3 is 24.6 Å². The number of halogens is 13. The van der Waals surface area contributed by atoms with E-state index in [0.717, 1.165) is 0 Å². The first kappa shape index (κ1) is 35.9. The lowest BCUT2D eigenvalue weighted by Crippen LogP contribution is -2.71. The van der Waals surface area contributed by atoms with E-state index in [0.29, 0.717) is 19.6 Å². The average molecular weight is 607 g/mol. The van der Waals surface area contributed by atoms with Crippen LogP contribution in [0.4, 0.5) is 57.1 Å². The van der Waals surface area contributed by atoms with Gasteiger partial charge in [-0.15, -0.1) is 0 Å². The van der Waals surface area contributed by atoms with Gasteiger partial charge in [-0.1, -0.05) is 0 Å². The lowest BCUT2D eigenvalue weighted by molar-refractivity contribution is -0.439. The zero-order chi connectivity index (χ0) is 30.9. The zero-order valence-electron chi connectivity index (χ0n) is 21.2. The quantitative estimate of drug-likeness (QED) is 0.170. The lowest BCUT2D eigenvalue weighted by Gasteiger charge is -2.39. The number of rotatable bonds is 17. The molecule has 0 aromatic carbocycles. The van der Waals surface area contributed by atoms with Crippen LogP contribution >= 0.6 is 0 Å². The number of ether oxygens (including phenoxy) is 3. The van der Waals surface area contributed by atoms with Crippen molar-refractivity contribution in [1.29, 1.82) is 0 Å². The highest BCUT2D eigenvalue weighted by atomic mass is 19.4. The number of hydrogen-bond acceptors (Lipinski definition) is 5. The van der Waals surface area contributed by atoms with E-state index in [4.69, 9.17) is 14.2 Å². The van der Waals surface area contributed by atoms with Crippen molar-refractivity contribution in [3.63, 3.8) is 0 Å². The maximum atomic E-state index is 13.8. The second-order valence-corrected chi connectivity index (χ2v) is 10.4. The van der Waals surface area contributed by atoms with Crippen LogP contribution in [0.3, 0.4) is 0 Å². The van der Waals surface area contributed by atoms with Gasteiger partial charge in [-0.25, -0.2) is 0 Å². The van der Waals surface area contributed by atoms with Gasteiger partial charge >= 0.3 is 35.8 Å². The highest BCUT2D eigenvalue weighted by molar-refractivity contribution is 5.10. The Morgan fingerprint density at radius 3 is 1.72 bits per heavy atom. The van der Waals surface area contributed by atoms with Gasteiger partial charge in [0.15, 0.2) is 0 Å². The minimum Gasteiger partial charge on any atom is -0.392 e. The Morgan fingerprint density at radius 1 is 0.769 bits per heavy atom. The van der Waals surface area contributed by atoms with E-state index in [-0.39, 0.29) is 19.1 Å². The van der Waals surface area contributed by atoms with Crippen LogP contribution in [0.2, 0.25) is 0 Å². The number of alkyl halides is 13. The van der Waals surface area contributed by atoms with Gasteiger partial charge in [0.05, 0.1) is 43.7 Å². The van der Waals surface area contributed by atoms with Crippen LogP contribution < -0.4 is 5.32 Å². The Kier molecular flexibility index (Phi) is 10.7. The minimum absolute atomic E-state index is 0.0140. The molecular weight excluding hydrogens is 577 g/mol. The molecule has 0 bridgehead atoms. The standard InChI is InChI=1S/C21H30F13NO4/c1-14(2,39-10-13-9-37-13)5-6-38-15(3,4)7-12(36)8-35-11-16(22,23)17(24,25)18(26,27)19(28,29)20(30,31)21(32,33)34/h12-13,35-36H,5-11H2,1-4H3. The molecule has 0 saturated carbocycles. The van der Waals surface area contributed by atoms with Crippen LogP contribution in [0.1, 0.15) is 40.5 Å².